The third kappa shape index (κ3) is 5.99. The fraction of sp³-hybridized carbons (Fsp3) is 0.357. The summed E-state index contributed by atoms with van der Waals surface area (Å²) < 4.78 is 26.1. The van der Waals surface area contributed by atoms with Gasteiger partial charge in [0.15, 0.2) is 5.69 Å². The maximum atomic E-state index is 14.5. The third-order valence-corrected chi connectivity index (χ3v) is 7.81. The first-order valence-corrected chi connectivity index (χ1v) is 13.6. The molecular formula is C28H33N5O7S. The number of carbonyl (C=O) groups is 3. The Hall–Kier alpha value is -4.52. The molecule has 5 N–H and O–H groups in total. The van der Waals surface area contributed by atoms with Gasteiger partial charge in [-0.15, -0.1) is 0 Å². The van der Waals surface area contributed by atoms with Crippen molar-refractivity contribution in [1.29, 1.82) is 0 Å². The Labute approximate surface area is 241 Å². The minimum Gasteiger partial charge on any atom is -0.497 e. The van der Waals surface area contributed by atoms with Gasteiger partial charge in [-0.25, -0.2) is 0 Å². The van der Waals surface area contributed by atoms with Crippen LogP contribution in [-0.4, -0.2) is 56.6 Å². The van der Waals surface area contributed by atoms with E-state index in [1.54, 1.807) is 36.4 Å². The van der Waals surface area contributed by atoms with Gasteiger partial charge in [-0.3, -0.25) is 19.3 Å². The number of rotatable bonds is 11. The second kappa shape index (κ2) is 12.8. The first kappa shape index (κ1) is 29.5. The molecule has 218 valence electrons. The number of anilines is 2. The molecule has 1 fully saturated rings. The Kier molecular flexibility index (Phi) is 9.17. The van der Waals surface area contributed by atoms with Crippen molar-refractivity contribution in [3.63, 3.8) is 0 Å². The van der Waals surface area contributed by atoms with Gasteiger partial charge in [0.05, 0.1) is 39.8 Å². The Morgan fingerprint density at radius 1 is 0.951 bits per heavy atom. The summed E-state index contributed by atoms with van der Waals surface area (Å²) in [6, 6.07) is 8.47. The summed E-state index contributed by atoms with van der Waals surface area (Å²) in [5, 5.41) is 3.11. The molecule has 13 heteroatoms. The zero-order valence-corrected chi connectivity index (χ0v) is 24.1. The molecule has 4 rings (SSSR count). The number of primary amides is 1. The molecule has 0 unspecified atom stereocenters. The number of methoxy groups -OCH3 is 4. The molecule has 0 spiro atoms. The van der Waals surface area contributed by atoms with Crippen LogP contribution >= 0.6 is 11.5 Å². The van der Waals surface area contributed by atoms with Crippen LogP contribution in [0.3, 0.4) is 0 Å². The van der Waals surface area contributed by atoms with Crippen molar-refractivity contribution in [3.05, 3.63) is 52.5 Å². The fourth-order valence-electron chi connectivity index (χ4n) is 4.89. The molecule has 3 aromatic rings. The maximum absolute atomic E-state index is 14.5. The molecule has 1 aliphatic rings. The lowest BCUT2D eigenvalue weighted by molar-refractivity contribution is -0.123. The molecule has 12 nitrogen and oxygen atoms in total. The lowest BCUT2D eigenvalue weighted by Gasteiger charge is -2.33. The van der Waals surface area contributed by atoms with E-state index in [4.69, 9.17) is 30.4 Å². The first-order valence-electron chi connectivity index (χ1n) is 12.9. The van der Waals surface area contributed by atoms with E-state index in [0.29, 0.717) is 34.3 Å². The smallest absolute Gasteiger partial charge is 0.273 e. The van der Waals surface area contributed by atoms with Crippen molar-refractivity contribution in [3.8, 4) is 23.0 Å². The highest BCUT2D eigenvalue weighted by molar-refractivity contribution is 7.09. The number of aromatic nitrogens is 1. The van der Waals surface area contributed by atoms with Crippen LogP contribution in [0.5, 0.6) is 23.0 Å². The van der Waals surface area contributed by atoms with Crippen molar-refractivity contribution in [2.45, 2.75) is 37.8 Å². The molecule has 1 atom stereocenters. The van der Waals surface area contributed by atoms with Gasteiger partial charge >= 0.3 is 0 Å². The number of hydrogen-bond acceptors (Lipinski definition) is 10. The Morgan fingerprint density at radius 2 is 1.59 bits per heavy atom. The molecule has 41 heavy (non-hydrogen) atoms. The van der Waals surface area contributed by atoms with Gasteiger partial charge in [0, 0.05) is 17.7 Å². The topological polar surface area (TPSA) is 168 Å². The summed E-state index contributed by atoms with van der Waals surface area (Å²) in [5.41, 5.74) is 11.8. The summed E-state index contributed by atoms with van der Waals surface area (Å²) in [5.74, 6) is -0.523. The second-order valence-electron chi connectivity index (χ2n) is 9.35. The van der Waals surface area contributed by atoms with E-state index in [9.17, 15) is 14.4 Å². The van der Waals surface area contributed by atoms with Crippen molar-refractivity contribution in [1.82, 2.24) is 9.69 Å². The van der Waals surface area contributed by atoms with Crippen molar-refractivity contribution in [2.75, 3.05) is 39.1 Å². The van der Waals surface area contributed by atoms with Crippen LogP contribution in [0.2, 0.25) is 0 Å². The van der Waals surface area contributed by atoms with Crippen LogP contribution in [0.25, 0.3) is 0 Å². The summed E-state index contributed by atoms with van der Waals surface area (Å²) in [6.07, 6.45) is 3.61. The lowest BCUT2D eigenvalue weighted by Crippen LogP contribution is -2.46. The molecule has 1 heterocycles. The Balaban J connectivity index is 1.99. The number of ether oxygens (including phenoxy) is 4. The van der Waals surface area contributed by atoms with Gasteiger partial charge < -0.3 is 35.7 Å². The number of nitrogens with one attached hydrogen (secondary N) is 1. The zero-order valence-electron chi connectivity index (χ0n) is 23.3. The number of benzene rings is 2. The van der Waals surface area contributed by atoms with Crippen LogP contribution in [0.4, 0.5) is 11.4 Å². The van der Waals surface area contributed by atoms with Crippen LogP contribution < -0.4 is 40.6 Å². The number of carbonyl (C=O) groups excluding carboxylic acids is 3. The number of amides is 3. The maximum Gasteiger partial charge on any atom is 0.273 e. The third-order valence-electron chi connectivity index (χ3n) is 6.96. The van der Waals surface area contributed by atoms with E-state index in [-0.39, 0.29) is 33.7 Å². The van der Waals surface area contributed by atoms with Gasteiger partial charge in [0.1, 0.15) is 33.9 Å². The van der Waals surface area contributed by atoms with Crippen molar-refractivity contribution >= 4 is 40.6 Å². The number of nitrogens with two attached hydrogens (primary N) is 2. The fourth-order valence-corrected chi connectivity index (χ4v) is 5.63. The standard InChI is InChI=1S/C28H33N5O7S/c1-37-16-10-12-20(39-3)18(13-16)24(27(35)31-15-7-5-6-8-15)33(19-11-9-17(38-2)14-21(19)40-4)28(36)25-22(29)23(26(30)34)32-41-25/h9-15,24H,5-8,29H2,1-4H3,(H2,30,34)(H,31,35)/t24-/m0/s1. The molecule has 1 aliphatic carbocycles. The molecule has 0 radical (unpaired) electrons. The summed E-state index contributed by atoms with van der Waals surface area (Å²) in [6.45, 7) is 0. The first-order chi connectivity index (χ1) is 19.7. The Morgan fingerprint density at radius 3 is 2.17 bits per heavy atom. The molecular weight excluding hydrogens is 550 g/mol. The number of nitrogens with zero attached hydrogens (tertiary/aromatic N) is 2. The van der Waals surface area contributed by atoms with Gasteiger partial charge in [-0.1, -0.05) is 12.8 Å². The Bertz CT molecular complexity index is 1440. The minimum atomic E-state index is -1.28. The van der Waals surface area contributed by atoms with Crippen LogP contribution in [0.1, 0.15) is 57.4 Å². The van der Waals surface area contributed by atoms with Crippen LogP contribution in [-0.2, 0) is 4.79 Å². The SMILES string of the molecule is COc1ccc(N(C(=O)c2snc(C(N)=O)c2N)[C@H](C(=O)NC2CCCC2)c2cc(OC)ccc2OC)c(OC)c1. The molecule has 0 saturated heterocycles. The van der Waals surface area contributed by atoms with E-state index in [1.165, 1.54) is 33.3 Å². The number of nitrogen functional groups attached to an aromatic ring is 1. The van der Waals surface area contributed by atoms with E-state index in [0.717, 1.165) is 25.7 Å². The second-order valence-corrected chi connectivity index (χ2v) is 10.1. The zero-order chi connectivity index (χ0) is 29.7. The molecule has 0 bridgehead atoms. The predicted molar refractivity (Wildman–Crippen MR) is 154 cm³/mol. The highest BCUT2D eigenvalue weighted by Crippen LogP contribution is 2.42. The molecule has 3 amide bonds. The normalized spacial score (nSPS) is 13.8. The highest BCUT2D eigenvalue weighted by atomic mass is 32.1. The largest absolute Gasteiger partial charge is 0.497 e. The summed E-state index contributed by atoms with van der Waals surface area (Å²) in [4.78, 5) is 41.8. The average Bonchev–Trinajstić information content (AvgIpc) is 3.64. The minimum absolute atomic E-state index is 0.0637. The molecule has 1 saturated carbocycles. The van der Waals surface area contributed by atoms with Crippen molar-refractivity contribution in [2.24, 2.45) is 5.73 Å². The monoisotopic (exact) mass is 583 g/mol. The van der Waals surface area contributed by atoms with Gasteiger partial charge in [-0.2, -0.15) is 4.37 Å². The molecule has 0 aliphatic heterocycles. The van der Waals surface area contributed by atoms with E-state index in [1.807, 2.05) is 0 Å². The van der Waals surface area contributed by atoms with E-state index < -0.39 is 23.8 Å². The number of hydrogen-bond donors (Lipinski definition) is 3. The van der Waals surface area contributed by atoms with Gasteiger partial charge in [0.25, 0.3) is 11.8 Å². The summed E-state index contributed by atoms with van der Waals surface area (Å²) >= 11 is 0.711. The highest BCUT2D eigenvalue weighted by Gasteiger charge is 2.40. The van der Waals surface area contributed by atoms with Crippen LogP contribution in [0, 0.1) is 0 Å². The van der Waals surface area contributed by atoms with Crippen LogP contribution in [0.15, 0.2) is 36.4 Å². The predicted octanol–water partition coefficient (Wildman–Crippen LogP) is 3.31. The van der Waals surface area contributed by atoms with Crippen molar-refractivity contribution < 1.29 is 33.3 Å². The average molecular weight is 584 g/mol. The molecule has 2 aromatic carbocycles. The quantitative estimate of drug-likeness (QED) is 0.307. The van der Waals surface area contributed by atoms with E-state index in [2.05, 4.69) is 9.69 Å². The van der Waals surface area contributed by atoms with Gasteiger partial charge in [-0.05, 0) is 54.7 Å². The summed E-state index contributed by atoms with van der Waals surface area (Å²) in [7, 11) is 5.91. The van der Waals surface area contributed by atoms with E-state index >= 15 is 0 Å². The molecule has 1 aromatic heterocycles. The van der Waals surface area contributed by atoms with Gasteiger partial charge in [0.2, 0.25) is 5.91 Å². The lowest BCUT2D eigenvalue weighted by atomic mass is 10.00.